The van der Waals surface area contributed by atoms with Crippen molar-refractivity contribution in [1.82, 2.24) is 4.98 Å². The number of carbonyl (C=O) groups is 1. The summed E-state index contributed by atoms with van der Waals surface area (Å²) in [6.07, 6.45) is 3.46. The van der Waals surface area contributed by atoms with Gasteiger partial charge in [0.25, 0.3) is 0 Å². The van der Waals surface area contributed by atoms with Crippen molar-refractivity contribution in [3.8, 4) is 0 Å². The highest BCUT2D eigenvalue weighted by molar-refractivity contribution is 5.97. The monoisotopic (exact) mass is 205 g/mol. The largest absolute Gasteiger partial charge is 0.329 e. The lowest BCUT2D eigenvalue weighted by molar-refractivity contribution is -0.120. The van der Waals surface area contributed by atoms with Gasteiger partial charge in [0.1, 0.15) is 0 Å². The van der Waals surface area contributed by atoms with Gasteiger partial charge in [-0.2, -0.15) is 0 Å². The van der Waals surface area contributed by atoms with Gasteiger partial charge >= 0.3 is 0 Å². The smallest absolute Gasteiger partial charge is 0.231 e. The zero-order valence-electron chi connectivity index (χ0n) is 8.79. The highest BCUT2D eigenvalue weighted by Gasteiger charge is 2.48. The first-order valence-corrected chi connectivity index (χ1v) is 5.10. The van der Waals surface area contributed by atoms with Crippen LogP contribution in [0.25, 0.3) is 0 Å². The summed E-state index contributed by atoms with van der Waals surface area (Å²) in [5.74, 6) is 0.0238. The Hall–Kier alpha value is -1.42. The average Bonchev–Trinajstić information content (AvgIpc) is 3.02. The zero-order chi connectivity index (χ0) is 10.9. The van der Waals surface area contributed by atoms with Crippen LogP contribution >= 0.6 is 0 Å². The number of pyridine rings is 1. The molecule has 0 aliphatic heterocycles. The van der Waals surface area contributed by atoms with Crippen LogP contribution in [0.5, 0.6) is 0 Å². The van der Waals surface area contributed by atoms with Crippen LogP contribution in [0.3, 0.4) is 0 Å². The van der Waals surface area contributed by atoms with E-state index in [1.807, 2.05) is 19.1 Å². The van der Waals surface area contributed by atoms with Gasteiger partial charge in [-0.1, -0.05) is 0 Å². The molecule has 0 spiro atoms. The van der Waals surface area contributed by atoms with E-state index < -0.39 is 0 Å². The Balaban J connectivity index is 2.03. The van der Waals surface area contributed by atoms with E-state index in [1.165, 1.54) is 0 Å². The molecule has 80 valence electrons. The number of anilines is 1. The Bertz CT molecular complexity index is 368. The van der Waals surface area contributed by atoms with Gasteiger partial charge in [0.05, 0.1) is 17.3 Å². The molecular weight excluding hydrogens is 190 g/mol. The van der Waals surface area contributed by atoms with Crippen LogP contribution < -0.4 is 11.1 Å². The molecule has 2 rings (SSSR count). The first kappa shape index (κ1) is 10.1. The molecule has 0 radical (unpaired) electrons. The minimum Gasteiger partial charge on any atom is -0.329 e. The van der Waals surface area contributed by atoms with E-state index in [0.29, 0.717) is 6.54 Å². The van der Waals surface area contributed by atoms with Gasteiger partial charge in [0, 0.05) is 12.2 Å². The Morgan fingerprint density at radius 1 is 1.60 bits per heavy atom. The standard InChI is InChI=1S/C11H15N3O/c1-8-2-3-9(6-13-8)14-10(15)11(7-12)4-5-11/h2-3,6H,4-5,7,12H2,1H3,(H,14,15). The van der Waals surface area contributed by atoms with Crippen molar-refractivity contribution in [3.63, 3.8) is 0 Å². The number of nitrogens with zero attached hydrogens (tertiary/aromatic N) is 1. The molecule has 0 unspecified atom stereocenters. The van der Waals surface area contributed by atoms with Crippen LogP contribution in [0.15, 0.2) is 18.3 Å². The fourth-order valence-corrected chi connectivity index (χ4v) is 1.48. The number of hydrogen-bond acceptors (Lipinski definition) is 3. The summed E-state index contributed by atoms with van der Waals surface area (Å²) < 4.78 is 0. The third-order valence-electron chi connectivity index (χ3n) is 2.90. The first-order valence-electron chi connectivity index (χ1n) is 5.10. The summed E-state index contributed by atoms with van der Waals surface area (Å²) in [5, 5.41) is 2.84. The summed E-state index contributed by atoms with van der Waals surface area (Å²) in [6.45, 7) is 2.34. The van der Waals surface area contributed by atoms with E-state index in [9.17, 15) is 4.79 Å². The molecule has 0 atom stereocenters. The van der Waals surface area contributed by atoms with Gasteiger partial charge in [0.15, 0.2) is 0 Å². The van der Waals surface area contributed by atoms with E-state index in [0.717, 1.165) is 24.2 Å². The average molecular weight is 205 g/mol. The van der Waals surface area contributed by atoms with E-state index in [-0.39, 0.29) is 11.3 Å². The van der Waals surface area contributed by atoms with Crippen molar-refractivity contribution in [2.45, 2.75) is 19.8 Å². The molecule has 1 saturated carbocycles. The molecule has 3 N–H and O–H groups in total. The lowest BCUT2D eigenvalue weighted by Crippen LogP contribution is -2.30. The van der Waals surface area contributed by atoms with E-state index >= 15 is 0 Å². The lowest BCUT2D eigenvalue weighted by Gasteiger charge is -2.12. The quantitative estimate of drug-likeness (QED) is 0.775. The fourth-order valence-electron chi connectivity index (χ4n) is 1.48. The number of aromatic nitrogens is 1. The molecule has 1 aromatic heterocycles. The van der Waals surface area contributed by atoms with E-state index in [2.05, 4.69) is 10.3 Å². The summed E-state index contributed by atoms with van der Waals surface area (Å²) in [5.41, 5.74) is 6.95. The number of amides is 1. The molecule has 4 nitrogen and oxygen atoms in total. The van der Waals surface area contributed by atoms with Crippen LogP contribution in [0.1, 0.15) is 18.5 Å². The van der Waals surface area contributed by atoms with E-state index in [4.69, 9.17) is 5.73 Å². The highest BCUT2D eigenvalue weighted by atomic mass is 16.2. The first-order chi connectivity index (χ1) is 7.16. The minimum absolute atomic E-state index is 0.0238. The minimum atomic E-state index is -0.301. The van der Waals surface area contributed by atoms with Gasteiger partial charge in [0.2, 0.25) is 5.91 Å². The normalized spacial score (nSPS) is 17.2. The third kappa shape index (κ3) is 1.99. The number of aryl methyl sites for hydroxylation is 1. The molecule has 1 heterocycles. The maximum Gasteiger partial charge on any atom is 0.231 e. The van der Waals surface area contributed by atoms with Crippen molar-refractivity contribution in [2.75, 3.05) is 11.9 Å². The number of nitrogens with one attached hydrogen (secondary N) is 1. The number of hydrogen-bond donors (Lipinski definition) is 2. The molecule has 4 heteroatoms. The van der Waals surface area contributed by atoms with Crippen molar-refractivity contribution in [2.24, 2.45) is 11.1 Å². The van der Waals surface area contributed by atoms with Gasteiger partial charge in [-0.25, -0.2) is 0 Å². The van der Waals surface area contributed by atoms with Gasteiger partial charge in [-0.05, 0) is 31.9 Å². The molecule has 15 heavy (non-hydrogen) atoms. The predicted molar refractivity (Wildman–Crippen MR) is 58.3 cm³/mol. The van der Waals surface area contributed by atoms with E-state index in [1.54, 1.807) is 6.20 Å². The van der Waals surface area contributed by atoms with Gasteiger partial charge < -0.3 is 11.1 Å². The fraction of sp³-hybridized carbons (Fsp3) is 0.455. The van der Waals surface area contributed by atoms with Gasteiger partial charge in [-0.15, -0.1) is 0 Å². The maximum atomic E-state index is 11.8. The molecule has 1 aromatic rings. The molecule has 1 aliphatic carbocycles. The van der Waals surface area contributed by atoms with Crippen molar-refractivity contribution < 1.29 is 4.79 Å². The number of carbonyl (C=O) groups excluding carboxylic acids is 1. The molecule has 0 aromatic carbocycles. The Kier molecular flexibility index (Phi) is 2.44. The van der Waals surface area contributed by atoms with Crippen LogP contribution in [0.2, 0.25) is 0 Å². The lowest BCUT2D eigenvalue weighted by atomic mass is 10.1. The van der Waals surface area contributed by atoms with Crippen LogP contribution in [-0.2, 0) is 4.79 Å². The molecule has 1 fully saturated rings. The third-order valence-corrected chi connectivity index (χ3v) is 2.90. The summed E-state index contributed by atoms with van der Waals surface area (Å²) >= 11 is 0. The summed E-state index contributed by atoms with van der Waals surface area (Å²) in [7, 11) is 0. The highest BCUT2D eigenvalue weighted by Crippen LogP contribution is 2.45. The molecule has 0 saturated heterocycles. The molecule has 1 aliphatic rings. The second-order valence-electron chi connectivity index (χ2n) is 4.13. The Morgan fingerprint density at radius 2 is 2.33 bits per heavy atom. The number of rotatable bonds is 3. The zero-order valence-corrected chi connectivity index (χ0v) is 8.79. The van der Waals surface area contributed by atoms with Crippen molar-refractivity contribution in [1.29, 1.82) is 0 Å². The topological polar surface area (TPSA) is 68.0 Å². The Labute approximate surface area is 88.9 Å². The predicted octanol–water partition coefficient (Wildman–Crippen LogP) is 1.07. The van der Waals surface area contributed by atoms with Crippen LogP contribution in [0, 0.1) is 12.3 Å². The van der Waals surface area contributed by atoms with Crippen LogP contribution in [0.4, 0.5) is 5.69 Å². The molecule has 0 bridgehead atoms. The summed E-state index contributed by atoms with van der Waals surface area (Å²) in [6, 6.07) is 3.73. The van der Waals surface area contributed by atoms with Crippen LogP contribution in [-0.4, -0.2) is 17.4 Å². The SMILES string of the molecule is Cc1ccc(NC(=O)C2(CN)CC2)cn1. The maximum absolute atomic E-state index is 11.8. The second-order valence-corrected chi connectivity index (χ2v) is 4.13. The van der Waals surface area contributed by atoms with Crippen molar-refractivity contribution >= 4 is 11.6 Å². The molecular formula is C11H15N3O. The number of nitrogens with two attached hydrogens (primary N) is 1. The second kappa shape index (κ2) is 3.62. The van der Waals surface area contributed by atoms with Gasteiger partial charge in [-0.3, -0.25) is 9.78 Å². The van der Waals surface area contributed by atoms with Crippen molar-refractivity contribution in [3.05, 3.63) is 24.0 Å². The summed E-state index contributed by atoms with van der Waals surface area (Å²) in [4.78, 5) is 15.9. The molecule has 1 amide bonds. The Morgan fingerprint density at radius 3 is 2.80 bits per heavy atom.